The van der Waals surface area contributed by atoms with E-state index in [4.69, 9.17) is 16.3 Å². The Morgan fingerprint density at radius 3 is 2.52 bits per heavy atom. The summed E-state index contributed by atoms with van der Waals surface area (Å²) >= 11 is 7.38. The van der Waals surface area contributed by atoms with E-state index >= 15 is 0 Å². The first-order chi connectivity index (χ1) is 13.1. The fourth-order valence-corrected chi connectivity index (χ4v) is 3.33. The number of nitrogens with zero attached hydrogens (tertiary/aromatic N) is 1. The van der Waals surface area contributed by atoms with Crippen LogP contribution in [-0.2, 0) is 9.53 Å². The molecule has 0 saturated heterocycles. The maximum Gasteiger partial charge on any atom is 0.341 e. The van der Waals surface area contributed by atoms with Crippen LogP contribution in [0.15, 0.2) is 82.7 Å². The molecular weight excluding hydrogens is 384 g/mol. The van der Waals surface area contributed by atoms with E-state index in [0.29, 0.717) is 5.69 Å². The number of halogens is 1. The molecule has 27 heavy (non-hydrogen) atoms. The molecule has 7 heteroatoms. The summed E-state index contributed by atoms with van der Waals surface area (Å²) < 4.78 is 5.02. The van der Waals surface area contributed by atoms with Crippen molar-refractivity contribution in [2.75, 3.05) is 11.9 Å². The van der Waals surface area contributed by atoms with Crippen molar-refractivity contribution in [3.05, 3.63) is 83.6 Å². The molecule has 3 rings (SSSR count). The number of para-hydroxylation sites is 1. The molecule has 0 aliphatic rings. The minimum Gasteiger partial charge on any atom is -0.452 e. The number of amides is 1. The van der Waals surface area contributed by atoms with Crippen LogP contribution in [0.1, 0.15) is 10.4 Å². The minimum atomic E-state index is -0.699. The van der Waals surface area contributed by atoms with E-state index in [2.05, 4.69) is 10.3 Å². The van der Waals surface area contributed by atoms with Crippen LogP contribution < -0.4 is 5.32 Å². The number of hydrogen-bond donors (Lipinski definition) is 1. The molecule has 0 bridgehead atoms. The number of nitrogens with one attached hydrogen (secondary N) is 1. The van der Waals surface area contributed by atoms with Crippen molar-refractivity contribution in [1.29, 1.82) is 0 Å². The van der Waals surface area contributed by atoms with Crippen molar-refractivity contribution in [1.82, 2.24) is 4.98 Å². The van der Waals surface area contributed by atoms with Crippen molar-refractivity contribution in [2.24, 2.45) is 0 Å². The van der Waals surface area contributed by atoms with E-state index in [1.165, 1.54) is 24.0 Å². The predicted octanol–water partition coefficient (Wildman–Crippen LogP) is 4.68. The summed E-state index contributed by atoms with van der Waals surface area (Å²) in [5, 5.41) is 2.80. The van der Waals surface area contributed by atoms with Gasteiger partial charge in [0, 0.05) is 16.0 Å². The summed E-state index contributed by atoms with van der Waals surface area (Å²) in [5.74, 6) is -1.14. The van der Waals surface area contributed by atoms with Crippen LogP contribution in [0, 0.1) is 0 Å². The van der Waals surface area contributed by atoms with Gasteiger partial charge in [-0.25, -0.2) is 9.78 Å². The normalized spacial score (nSPS) is 10.3. The first-order valence-corrected chi connectivity index (χ1v) is 9.22. The van der Waals surface area contributed by atoms with E-state index in [1.54, 1.807) is 12.1 Å². The van der Waals surface area contributed by atoms with Crippen LogP contribution in [0.2, 0.25) is 5.15 Å². The first kappa shape index (κ1) is 18.9. The average molecular weight is 399 g/mol. The SMILES string of the molecule is O=C(COC(=O)c1cccnc1Cl)Nc1ccccc1Sc1ccccc1. The van der Waals surface area contributed by atoms with E-state index in [0.717, 1.165) is 9.79 Å². The van der Waals surface area contributed by atoms with Gasteiger partial charge in [0.1, 0.15) is 5.15 Å². The Morgan fingerprint density at radius 2 is 1.74 bits per heavy atom. The fraction of sp³-hybridized carbons (Fsp3) is 0.0500. The van der Waals surface area contributed by atoms with Gasteiger partial charge >= 0.3 is 5.97 Å². The molecule has 0 unspecified atom stereocenters. The number of rotatable bonds is 6. The van der Waals surface area contributed by atoms with E-state index in [-0.39, 0.29) is 10.7 Å². The third-order valence-electron chi connectivity index (χ3n) is 3.45. The highest BCUT2D eigenvalue weighted by atomic mass is 35.5. The summed E-state index contributed by atoms with van der Waals surface area (Å²) in [6.07, 6.45) is 1.47. The van der Waals surface area contributed by atoms with Crippen LogP contribution in [-0.4, -0.2) is 23.5 Å². The molecule has 0 saturated carbocycles. The van der Waals surface area contributed by atoms with Crippen LogP contribution >= 0.6 is 23.4 Å². The number of hydrogen-bond acceptors (Lipinski definition) is 5. The van der Waals surface area contributed by atoms with E-state index in [9.17, 15) is 9.59 Å². The Bertz CT molecular complexity index is 951. The van der Waals surface area contributed by atoms with Gasteiger partial charge in [0.2, 0.25) is 0 Å². The van der Waals surface area contributed by atoms with Crippen LogP contribution in [0.25, 0.3) is 0 Å². The van der Waals surface area contributed by atoms with E-state index in [1.807, 2.05) is 48.5 Å². The number of ether oxygens (including phenoxy) is 1. The Hall–Kier alpha value is -2.83. The third kappa shape index (κ3) is 5.32. The van der Waals surface area contributed by atoms with Gasteiger partial charge < -0.3 is 10.1 Å². The van der Waals surface area contributed by atoms with Gasteiger partial charge in [-0.15, -0.1) is 0 Å². The second kappa shape index (κ2) is 9.21. The minimum absolute atomic E-state index is 0.0347. The molecule has 0 spiro atoms. The summed E-state index contributed by atoms with van der Waals surface area (Å²) in [6.45, 7) is -0.422. The van der Waals surface area contributed by atoms with Gasteiger partial charge in [-0.1, -0.05) is 53.7 Å². The zero-order chi connectivity index (χ0) is 19.1. The monoisotopic (exact) mass is 398 g/mol. The summed E-state index contributed by atoms with van der Waals surface area (Å²) in [7, 11) is 0. The van der Waals surface area contributed by atoms with Crippen LogP contribution in [0.5, 0.6) is 0 Å². The quantitative estimate of drug-likeness (QED) is 0.482. The Morgan fingerprint density at radius 1 is 1.00 bits per heavy atom. The number of esters is 1. The van der Waals surface area contributed by atoms with Crippen molar-refractivity contribution in [3.63, 3.8) is 0 Å². The van der Waals surface area contributed by atoms with Crippen molar-refractivity contribution >= 4 is 40.9 Å². The number of aromatic nitrogens is 1. The van der Waals surface area contributed by atoms with Gasteiger partial charge in [0.15, 0.2) is 6.61 Å². The number of pyridine rings is 1. The summed E-state index contributed by atoms with van der Waals surface area (Å²) in [4.78, 5) is 29.9. The molecule has 0 fully saturated rings. The standard InChI is InChI=1S/C20H15ClN2O3S/c21-19-15(9-6-12-22-19)20(25)26-13-18(24)23-16-10-4-5-11-17(16)27-14-7-2-1-3-8-14/h1-12H,13H2,(H,23,24). The van der Waals surface area contributed by atoms with Crippen molar-refractivity contribution < 1.29 is 14.3 Å². The highest BCUT2D eigenvalue weighted by Crippen LogP contribution is 2.33. The lowest BCUT2D eigenvalue weighted by Crippen LogP contribution is -2.21. The molecular formula is C20H15ClN2O3S. The zero-order valence-electron chi connectivity index (χ0n) is 14.1. The van der Waals surface area contributed by atoms with Gasteiger partial charge in [0.25, 0.3) is 5.91 Å². The Labute approximate surface area is 165 Å². The van der Waals surface area contributed by atoms with Crippen molar-refractivity contribution in [2.45, 2.75) is 9.79 Å². The van der Waals surface area contributed by atoms with Gasteiger partial charge in [-0.2, -0.15) is 0 Å². The first-order valence-electron chi connectivity index (χ1n) is 8.03. The largest absolute Gasteiger partial charge is 0.452 e. The molecule has 0 aliphatic carbocycles. The molecule has 2 aromatic carbocycles. The number of carbonyl (C=O) groups is 2. The third-order valence-corrected chi connectivity index (χ3v) is 4.83. The summed E-state index contributed by atoms with van der Waals surface area (Å²) in [6, 6.07) is 20.3. The molecule has 1 aromatic heterocycles. The molecule has 1 heterocycles. The maximum absolute atomic E-state index is 12.2. The predicted molar refractivity (Wildman–Crippen MR) is 105 cm³/mol. The molecule has 0 aliphatic heterocycles. The molecule has 3 aromatic rings. The van der Waals surface area contributed by atoms with Gasteiger partial charge in [0.05, 0.1) is 11.3 Å². The second-order valence-electron chi connectivity index (χ2n) is 5.38. The highest BCUT2D eigenvalue weighted by molar-refractivity contribution is 7.99. The lowest BCUT2D eigenvalue weighted by Gasteiger charge is -2.11. The zero-order valence-corrected chi connectivity index (χ0v) is 15.7. The molecule has 5 nitrogen and oxygen atoms in total. The molecule has 0 atom stereocenters. The fourth-order valence-electron chi connectivity index (χ4n) is 2.21. The second-order valence-corrected chi connectivity index (χ2v) is 6.85. The topological polar surface area (TPSA) is 68.3 Å². The molecule has 1 amide bonds. The number of anilines is 1. The Kier molecular flexibility index (Phi) is 6.46. The van der Waals surface area contributed by atoms with Crippen molar-refractivity contribution in [3.8, 4) is 0 Å². The summed E-state index contributed by atoms with van der Waals surface area (Å²) in [5.41, 5.74) is 0.763. The number of carbonyl (C=O) groups excluding carboxylic acids is 2. The molecule has 136 valence electrons. The van der Waals surface area contributed by atoms with E-state index < -0.39 is 18.5 Å². The lowest BCUT2D eigenvalue weighted by molar-refractivity contribution is -0.119. The average Bonchev–Trinajstić information content (AvgIpc) is 2.69. The molecule has 0 radical (unpaired) electrons. The Balaban J connectivity index is 1.61. The number of benzene rings is 2. The smallest absolute Gasteiger partial charge is 0.341 e. The molecule has 1 N–H and O–H groups in total. The maximum atomic E-state index is 12.2. The highest BCUT2D eigenvalue weighted by Gasteiger charge is 2.15. The van der Waals surface area contributed by atoms with Gasteiger partial charge in [-0.05, 0) is 36.4 Å². The van der Waals surface area contributed by atoms with Gasteiger partial charge in [-0.3, -0.25) is 4.79 Å². The van der Waals surface area contributed by atoms with Crippen LogP contribution in [0.4, 0.5) is 5.69 Å². The van der Waals surface area contributed by atoms with Crippen LogP contribution in [0.3, 0.4) is 0 Å². The lowest BCUT2D eigenvalue weighted by atomic mass is 10.3.